The van der Waals surface area contributed by atoms with Crippen LogP contribution in [0, 0.1) is 11.3 Å². The Morgan fingerprint density at radius 1 is 1.18 bits per heavy atom. The van der Waals surface area contributed by atoms with Gasteiger partial charge in [-0.1, -0.05) is 0 Å². The predicted molar refractivity (Wildman–Crippen MR) is 63.0 cm³/mol. The van der Waals surface area contributed by atoms with Gasteiger partial charge in [0, 0.05) is 12.3 Å². The Bertz CT molecular complexity index is 528. The maximum absolute atomic E-state index is 8.64. The smallest absolute Gasteiger partial charge is 0.213 e. The first-order chi connectivity index (χ1) is 8.31. The first-order valence-electron chi connectivity index (χ1n) is 4.95. The molecule has 0 radical (unpaired) electrons. The average Bonchev–Trinajstić information content (AvgIpc) is 2.40. The lowest BCUT2D eigenvalue weighted by Gasteiger charge is -2.05. The van der Waals surface area contributed by atoms with Crippen molar-refractivity contribution in [3.05, 3.63) is 42.2 Å². The topological polar surface area (TPSA) is 70.8 Å². The van der Waals surface area contributed by atoms with Gasteiger partial charge in [-0.15, -0.1) is 0 Å². The Morgan fingerprint density at radius 2 is 2.06 bits per heavy atom. The summed E-state index contributed by atoms with van der Waals surface area (Å²) in [5.74, 6) is 1.22. The molecule has 0 unspecified atom stereocenters. The molecule has 0 aliphatic rings. The molecule has 0 atom stereocenters. The number of nitrogens with one attached hydrogen (secondary N) is 1. The summed E-state index contributed by atoms with van der Waals surface area (Å²) in [4.78, 5) is 8.16. The Kier molecular flexibility index (Phi) is 3.17. The van der Waals surface area contributed by atoms with Crippen LogP contribution in [0.1, 0.15) is 5.56 Å². The SMILES string of the molecule is COc1ccc(Nc2ccc(C#N)cn2)cn1. The van der Waals surface area contributed by atoms with Gasteiger partial charge in [-0.3, -0.25) is 0 Å². The van der Waals surface area contributed by atoms with Crippen LogP contribution in [-0.4, -0.2) is 17.1 Å². The molecule has 17 heavy (non-hydrogen) atoms. The van der Waals surface area contributed by atoms with E-state index >= 15 is 0 Å². The van der Waals surface area contributed by atoms with Gasteiger partial charge in [0.05, 0.1) is 24.6 Å². The number of nitriles is 1. The molecule has 0 amide bonds. The fraction of sp³-hybridized carbons (Fsp3) is 0.0833. The first-order valence-corrected chi connectivity index (χ1v) is 4.95. The monoisotopic (exact) mass is 226 g/mol. The van der Waals surface area contributed by atoms with E-state index < -0.39 is 0 Å². The van der Waals surface area contributed by atoms with Crippen molar-refractivity contribution in [1.82, 2.24) is 9.97 Å². The second-order valence-corrected chi connectivity index (χ2v) is 3.26. The van der Waals surface area contributed by atoms with E-state index in [1.165, 1.54) is 6.20 Å². The lowest BCUT2D eigenvalue weighted by atomic mass is 10.3. The van der Waals surface area contributed by atoms with Crippen LogP contribution < -0.4 is 10.1 Å². The highest BCUT2D eigenvalue weighted by Crippen LogP contribution is 2.15. The van der Waals surface area contributed by atoms with Crippen LogP contribution in [0.5, 0.6) is 5.88 Å². The molecule has 2 aromatic rings. The minimum Gasteiger partial charge on any atom is -0.481 e. The van der Waals surface area contributed by atoms with Gasteiger partial charge in [0.1, 0.15) is 11.9 Å². The molecule has 5 heteroatoms. The summed E-state index contributed by atoms with van der Waals surface area (Å²) in [5, 5.41) is 11.7. The number of rotatable bonds is 3. The summed E-state index contributed by atoms with van der Waals surface area (Å²) in [6, 6.07) is 9.05. The number of methoxy groups -OCH3 is 1. The third-order valence-corrected chi connectivity index (χ3v) is 2.11. The van der Waals surface area contributed by atoms with E-state index in [2.05, 4.69) is 15.3 Å². The van der Waals surface area contributed by atoms with Gasteiger partial charge in [0.15, 0.2) is 0 Å². The Balaban J connectivity index is 2.11. The van der Waals surface area contributed by atoms with Crippen LogP contribution in [-0.2, 0) is 0 Å². The van der Waals surface area contributed by atoms with Crippen molar-refractivity contribution in [3.8, 4) is 11.9 Å². The molecule has 0 bridgehead atoms. The molecule has 0 saturated carbocycles. The predicted octanol–water partition coefficient (Wildman–Crippen LogP) is 2.10. The van der Waals surface area contributed by atoms with Crippen LogP contribution in [0.15, 0.2) is 36.7 Å². The van der Waals surface area contributed by atoms with Gasteiger partial charge in [-0.25, -0.2) is 9.97 Å². The summed E-state index contributed by atoms with van der Waals surface area (Å²) < 4.78 is 4.96. The van der Waals surface area contributed by atoms with Gasteiger partial charge in [-0.05, 0) is 18.2 Å². The van der Waals surface area contributed by atoms with Gasteiger partial charge in [0.2, 0.25) is 5.88 Å². The lowest BCUT2D eigenvalue weighted by Crippen LogP contribution is -1.95. The van der Waals surface area contributed by atoms with Crippen molar-refractivity contribution >= 4 is 11.5 Å². The fourth-order valence-corrected chi connectivity index (χ4v) is 1.26. The maximum atomic E-state index is 8.64. The molecule has 0 aromatic carbocycles. The molecule has 0 saturated heterocycles. The third kappa shape index (κ3) is 2.69. The summed E-state index contributed by atoms with van der Waals surface area (Å²) in [5.41, 5.74) is 1.34. The van der Waals surface area contributed by atoms with Crippen LogP contribution in [0.2, 0.25) is 0 Å². The van der Waals surface area contributed by atoms with Crippen LogP contribution in [0.3, 0.4) is 0 Å². The van der Waals surface area contributed by atoms with E-state index in [-0.39, 0.29) is 0 Å². The summed E-state index contributed by atoms with van der Waals surface area (Å²) in [6.45, 7) is 0. The highest BCUT2D eigenvalue weighted by Gasteiger charge is 1.98. The average molecular weight is 226 g/mol. The number of hydrogen-bond acceptors (Lipinski definition) is 5. The summed E-state index contributed by atoms with van der Waals surface area (Å²) in [7, 11) is 1.57. The second kappa shape index (κ2) is 4.94. The maximum Gasteiger partial charge on any atom is 0.213 e. The van der Waals surface area contributed by atoms with E-state index in [9.17, 15) is 0 Å². The van der Waals surface area contributed by atoms with Crippen molar-refractivity contribution in [2.45, 2.75) is 0 Å². The largest absolute Gasteiger partial charge is 0.481 e. The number of pyridine rings is 2. The number of aromatic nitrogens is 2. The Labute approximate surface area is 98.7 Å². The van der Waals surface area contributed by atoms with Crippen molar-refractivity contribution in [2.24, 2.45) is 0 Å². The molecule has 0 spiro atoms. The normalized spacial score (nSPS) is 9.41. The van der Waals surface area contributed by atoms with Crippen molar-refractivity contribution < 1.29 is 4.74 Å². The summed E-state index contributed by atoms with van der Waals surface area (Å²) in [6.07, 6.45) is 3.16. The van der Waals surface area contributed by atoms with Gasteiger partial charge in [0.25, 0.3) is 0 Å². The number of anilines is 2. The van der Waals surface area contributed by atoms with Crippen molar-refractivity contribution in [2.75, 3.05) is 12.4 Å². The highest BCUT2D eigenvalue weighted by atomic mass is 16.5. The zero-order chi connectivity index (χ0) is 12.1. The molecule has 0 aliphatic heterocycles. The molecule has 0 aliphatic carbocycles. The highest BCUT2D eigenvalue weighted by molar-refractivity contribution is 5.55. The lowest BCUT2D eigenvalue weighted by molar-refractivity contribution is 0.398. The zero-order valence-corrected chi connectivity index (χ0v) is 9.21. The molecule has 2 heterocycles. The van der Waals surface area contributed by atoms with E-state index in [1.54, 1.807) is 31.5 Å². The Morgan fingerprint density at radius 3 is 2.59 bits per heavy atom. The zero-order valence-electron chi connectivity index (χ0n) is 9.21. The van der Waals surface area contributed by atoms with Gasteiger partial charge < -0.3 is 10.1 Å². The minimum absolute atomic E-state index is 0.531. The quantitative estimate of drug-likeness (QED) is 0.867. The molecular formula is C12H10N4O. The number of nitrogens with zero attached hydrogens (tertiary/aromatic N) is 3. The van der Waals surface area contributed by atoms with E-state index in [0.29, 0.717) is 17.3 Å². The second-order valence-electron chi connectivity index (χ2n) is 3.26. The van der Waals surface area contributed by atoms with Crippen molar-refractivity contribution in [1.29, 1.82) is 5.26 Å². The molecule has 1 N–H and O–H groups in total. The van der Waals surface area contributed by atoms with E-state index in [1.807, 2.05) is 12.1 Å². The van der Waals surface area contributed by atoms with Crippen LogP contribution >= 0.6 is 0 Å². The Hall–Kier alpha value is -2.61. The van der Waals surface area contributed by atoms with E-state index in [4.69, 9.17) is 10.00 Å². The minimum atomic E-state index is 0.531. The molecule has 84 valence electrons. The number of ether oxygens (including phenoxy) is 1. The molecule has 2 aromatic heterocycles. The van der Waals surface area contributed by atoms with Gasteiger partial charge >= 0.3 is 0 Å². The molecule has 5 nitrogen and oxygen atoms in total. The van der Waals surface area contributed by atoms with Crippen LogP contribution in [0.25, 0.3) is 0 Å². The van der Waals surface area contributed by atoms with Crippen LogP contribution in [0.4, 0.5) is 11.5 Å². The van der Waals surface area contributed by atoms with Crippen molar-refractivity contribution in [3.63, 3.8) is 0 Å². The van der Waals surface area contributed by atoms with E-state index in [0.717, 1.165) is 5.69 Å². The fourth-order valence-electron chi connectivity index (χ4n) is 1.26. The van der Waals surface area contributed by atoms with Gasteiger partial charge in [-0.2, -0.15) is 5.26 Å². The molecule has 0 fully saturated rings. The molecular weight excluding hydrogens is 216 g/mol. The summed E-state index contributed by atoms with van der Waals surface area (Å²) >= 11 is 0. The standard InChI is InChI=1S/C12H10N4O/c1-17-12-5-3-10(8-15-12)16-11-4-2-9(6-13)7-14-11/h2-5,7-8H,1H3,(H,14,16). The number of hydrogen-bond donors (Lipinski definition) is 1. The molecule has 2 rings (SSSR count). The first kappa shape index (κ1) is 10.9. The third-order valence-electron chi connectivity index (χ3n) is 2.11.